The summed E-state index contributed by atoms with van der Waals surface area (Å²) in [4.78, 5) is 33.1. The number of carboxylic acid groups (broad SMARTS) is 1. The Balaban J connectivity index is 1.40. The molecule has 0 spiro atoms. The molecule has 2 aromatic carbocycles. The number of hydrogen-bond donors (Lipinski definition) is 3. The number of nitrogens with one attached hydrogen (secondary N) is 1. The summed E-state index contributed by atoms with van der Waals surface area (Å²) >= 11 is 0. The zero-order chi connectivity index (χ0) is 33.4. The number of aromatic nitrogens is 2. The number of imidazole rings is 1. The van der Waals surface area contributed by atoms with Gasteiger partial charge in [-0.1, -0.05) is 12.1 Å². The molecule has 0 saturated carbocycles. The number of aliphatic hydroxyl groups excluding tert-OH is 1. The molecule has 2 atom stereocenters. The third-order valence-electron chi connectivity index (χ3n) is 9.15. The molecular weight excluding hydrogens is 613 g/mol. The van der Waals surface area contributed by atoms with Gasteiger partial charge in [-0.2, -0.15) is 13.2 Å². The predicted octanol–water partition coefficient (Wildman–Crippen LogP) is 4.95. The highest BCUT2D eigenvalue weighted by Gasteiger charge is 2.44. The summed E-state index contributed by atoms with van der Waals surface area (Å²) in [6, 6.07) is 6.62. The zero-order valence-electron chi connectivity index (χ0n) is 25.4. The van der Waals surface area contributed by atoms with Crippen molar-refractivity contribution in [3.05, 3.63) is 77.1 Å². The maximum Gasteiger partial charge on any atom is 0.416 e. The van der Waals surface area contributed by atoms with Crippen LogP contribution in [-0.4, -0.2) is 74.9 Å². The van der Waals surface area contributed by atoms with Crippen molar-refractivity contribution in [3.63, 3.8) is 0 Å². The minimum Gasteiger partial charge on any atom is -0.481 e. The van der Waals surface area contributed by atoms with E-state index in [4.69, 9.17) is 0 Å². The van der Waals surface area contributed by atoms with Crippen molar-refractivity contribution in [3.8, 4) is 0 Å². The minimum absolute atomic E-state index is 0.0479. The lowest BCUT2D eigenvalue weighted by Gasteiger charge is -2.34. The highest BCUT2D eigenvalue weighted by atomic mass is 19.4. The number of likely N-dealkylation sites (tertiary alicyclic amines) is 1. The fourth-order valence-electron chi connectivity index (χ4n) is 6.26. The fourth-order valence-corrected chi connectivity index (χ4v) is 6.26. The summed E-state index contributed by atoms with van der Waals surface area (Å²) in [6.07, 6.45) is -0.996. The van der Waals surface area contributed by atoms with Crippen LogP contribution in [0.2, 0.25) is 0 Å². The van der Waals surface area contributed by atoms with E-state index < -0.39 is 58.5 Å². The van der Waals surface area contributed by atoms with E-state index >= 15 is 0 Å². The van der Waals surface area contributed by atoms with Gasteiger partial charge in [0.25, 0.3) is 0 Å². The van der Waals surface area contributed by atoms with Crippen LogP contribution in [0, 0.1) is 23.5 Å². The van der Waals surface area contributed by atoms with Gasteiger partial charge in [0, 0.05) is 61.8 Å². The normalized spacial score (nSPS) is 19.9. The van der Waals surface area contributed by atoms with E-state index in [1.807, 2.05) is 4.90 Å². The summed E-state index contributed by atoms with van der Waals surface area (Å²) in [5, 5.41) is 22.1. The lowest BCUT2D eigenvalue weighted by atomic mass is 9.88. The molecule has 14 heteroatoms. The van der Waals surface area contributed by atoms with E-state index in [-0.39, 0.29) is 50.8 Å². The van der Waals surface area contributed by atoms with Gasteiger partial charge in [-0.15, -0.1) is 0 Å². The molecule has 3 N–H and O–H groups in total. The second-order valence-electron chi connectivity index (χ2n) is 12.6. The average molecular weight is 650 g/mol. The zero-order valence-corrected chi connectivity index (χ0v) is 25.4. The first-order valence-electron chi connectivity index (χ1n) is 15.0. The first kappa shape index (κ1) is 33.3. The van der Waals surface area contributed by atoms with Crippen LogP contribution < -0.4 is 10.2 Å². The molecule has 1 unspecified atom stereocenters. The van der Waals surface area contributed by atoms with Crippen LogP contribution >= 0.6 is 0 Å². The molecule has 2 saturated heterocycles. The second-order valence-corrected chi connectivity index (χ2v) is 12.6. The van der Waals surface area contributed by atoms with Gasteiger partial charge in [0.1, 0.15) is 11.6 Å². The molecule has 1 aromatic heterocycles. The number of benzene rings is 2. The number of anilines is 2. The molecule has 0 radical (unpaired) electrons. The Morgan fingerprint density at radius 2 is 1.76 bits per heavy atom. The maximum atomic E-state index is 14.9. The number of halogens is 5. The van der Waals surface area contributed by atoms with Crippen LogP contribution in [0.15, 0.2) is 48.8 Å². The molecule has 2 aliphatic heterocycles. The number of carbonyl (C=O) groups is 2. The van der Waals surface area contributed by atoms with Crippen molar-refractivity contribution in [1.29, 1.82) is 0 Å². The number of alkyl halides is 3. The van der Waals surface area contributed by atoms with E-state index in [0.29, 0.717) is 24.1 Å². The number of hydrogen-bond acceptors (Lipinski definition) is 6. The van der Waals surface area contributed by atoms with E-state index in [1.165, 1.54) is 18.3 Å². The van der Waals surface area contributed by atoms with Crippen molar-refractivity contribution in [2.75, 3.05) is 43.0 Å². The molecule has 2 aliphatic rings. The van der Waals surface area contributed by atoms with Gasteiger partial charge in [0.15, 0.2) is 0 Å². The highest BCUT2D eigenvalue weighted by molar-refractivity contribution is 5.92. The number of nitrogens with zero attached hydrogens (tertiary/aromatic N) is 4. The predicted molar refractivity (Wildman–Crippen MR) is 159 cm³/mol. The smallest absolute Gasteiger partial charge is 0.416 e. The van der Waals surface area contributed by atoms with Crippen LogP contribution in [0.5, 0.6) is 0 Å². The molecule has 5 rings (SSSR count). The van der Waals surface area contributed by atoms with Gasteiger partial charge in [0.2, 0.25) is 11.9 Å². The molecule has 3 heterocycles. The number of amides is 1. The molecule has 2 fully saturated rings. The summed E-state index contributed by atoms with van der Waals surface area (Å²) in [5.41, 5.74) is -0.559. The Labute approximate surface area is 262 Å². The molecule has 1 amide bonds. The van der Waals surface area contributed by atoms with Crippen LogP contribution in [0.3, 0.4) is 0 Å². The third kappa shape index (κ3) is 7.02. The molecular formula is C32H36F5N5O4. The molecule has 248 valence electrons. The minimum atomic E-state index is -4.58. The van der Waals surface area contributed by atoms with Crippen LogP contribution in [0.25, 0.3) is 0 Å². The lowest BCUT2D eigenvalue weighted by Crippen LogP contribution is -2.46. The molecule has 0 bridgehead atoms. The summed E-state index contributed by atoms with van der Waals surface area (Å²) < 4.78 is 71.2. The Morgan fingerprint density at radius 1 is 1.04 bits per heavy atom. The Kier molecular flexibility index (Phi) is 9.41. The average Bonchev–Trinajstić information content (AvgIpc) is 3.64. The van der Waals surface area contributed by atoms with E-state index in [1.54, 1.807) is 29.5 Å². The molecule has 0 aliphatic carbocycles. The van der Waals surface area contributed by atoms with Crippen molar-refractivity contribution in [2.24, 2.45) is 11.8 Å². The van der Waals surface area contributed by atoms with Gasteiger partial charge >= 0.3 is 12.1 Å². The van der Waals surface area contributed by atoms with E-state index in [2.05, 4.69) is 10.3 Å². The van der Waals surface area contributed by atoms with Gasteiger partial charge in [-0.05, 0) is 56.0 Å². The standard InChI is InChI=1S/C32H36F5N5O4/c1-31(2,18-43)42-16-24(23-6-5-22(33)14-26(23)34)25(17-42)28(44)39-30-38-9-12-41(30)15-20-3-4-21(32(35,36)37)13-27(20)40-10-7-19(8-11-40)29(45)46/h3-6,9,12-14,19,24-25,43H,7-8,10-11,15-18H2,1-2H3,(H,45,46)(H,38,39,44)/t24-,25?/m0/s1. The van der Waals surface area contributed by atoms with Crippen molar-refractivity contribution >= 4 is 23.5 Å². The number of piperidine rings is 1. The molecule has 46 heavy (non-hydrogen) atoms. The van der Waals surface area contributed by atoms with Crippen LogP contribution in [0.4, 0.5) is 33.6 Å². The number of carbonyl (C=O) groups excluding carboxylic acids is 1. The van der Waals surface area contributed by atoms with Crippen LogP contribution in [-0.2, 0) is 22.3 Å². The summed E-state index contributed by atoms with van der Waals surface area (Å²) in [6.45, 7) is 4.37. The van der Waals surface area contributed by atoms with Gasteiger partial charge in [-0.3, -0.25) is 19.8 Å². The van der Waals surface area contributed by atoms with Crippen molar-refractivity contribution < 1.29 is 41.8 Å². The maximum absolute atomic E-state index is 14.9. The fraction of sp³-hybridized carbons (Fsp3) is 0.469. The highest BCUT2D eigenvalue weighted by Crippen LogP contribution is 2.39. The lowest BCUT2D eigenvalue weighted by molar-refractivity contribution is -0.142. The SMILES string of the molecule is CC(C)(CO)N1CC(C(=O)Nc2nccn2Cc2ccc(C(F)(F)F)cc2N2CCC(C(=O)O)CC2)[C@H](c2ccc(F)cc2F)C1. The van der Waals surface area contributed by atoms with Gasteiger partial charge in [-0.25, -0.2) is 13.8 Å². The second kappa shape index (κ2) is 13.0. The quantitative estimate of drug-likeness (QED) is 0.282. The number of aliphatic hydroxyl groups is 1. The Morgan fingerprint density at radius 3 is 2.39 bits per heavy atom. The van der Waals surface area contributed by atoms with Gasteiger partial charge < -0.3 is 19.7 Å². The third-order valence-corrected chi connectivity index (χ3v) is 9.15. The monoisotopic (exact) mass is 649 g/mol. The Bertz CT molecular complexity index is 1590. The van der Waals surface area contributed by atoms with E-state index in [0.717, 1.165) is 24.3 Å². The first-order valence-corrected chi connectivity index (χ1v) is 15.0. The first-order chi connectivity index (χ1) is 21.7. The largest absolute Gasteiger partial charge is 0.481 e. The number of aliphatic carboxylic acids is 1. The summed E-state index contributed by atoms with van der Waals surface area (Å²) in [5.74, 6) is -4.85. The molecule has 9 nitrogen and oxygen atoms in total. The molecule has 3 aromatic rings. The number of rotatable bonds is 9. The van der Waals surface area contributed by atoms with Crippen molar-refractivity contribution in [2.45, 2.75) is 50.9 Å². The van der Waals surface area contributed by atoms with E-state index in [9.17, 15) is 41.8 Å². The summed E-state index contributed by atoms with van der Waals surface area (Å²) in [7, 11) is 0. The van der Waals surface area contributed by atoms with Crippen LogP contribution in [0.1, 0.15) is 49.3 Å². The topological polar surface area (TPSA) is 111 Å². The van der Waals surface area contributed by atoms with Crippen molar-refractivity contribution in [1.82, 2.24) is 14.5 Å². The Hall–Kier alpha value is -4.04. The number of carboxylic acids is 1. The van der Waals surface area contributed by atoms with Gasteiger partial charge in [0.05, 0.1) is 30.6 Å².